The van der Waals surface area contributed by atoms with Crippen LogP contribution in [0.2, 0.25) is 0 Å². The third kappa shape index (κ3) is 2.53. The van der Waals surface area contributed by atoms with Gasteiger partial charge >= 0.3 is 0 Å². The number of ether oxygens (including phenoxy) is 1. The van der Waals surface area contributed by atoms with E-state index in [-0.39, 0.29) is 18.1 Å². The molecular weight excluding hydrogens is 206 g/mol. The Morgan fingerprint density at radius 2 is 2.38 bits per heavy atom. The molecule has 2 atom stereocenters. The molecule has 3 N–H and O–H groups in total. The van der Waals surface area contributed by atoms with Crippen molar-refractivity contribution in [2.75, 3.05) is 32.8 Å². The Labute approximate surface area is 96.3 Å². The van der Waals surface area contributed by atoms with Crippen molar-refractivity contribution >= 4 is 5.91 Å². The van der Waals surface area contributed by atoms with E-state index in [1.807, 2.05) is 4.90 Å². The molecule has 0 aromatic carbocycles. The first-order valence-corrected chi connectivity index (χ1v) is 6.16. The van der Waals surface area contributed by atoms with Gasteiger partial charge in [-0.25, -0.2) is 0 Å². The van der Waals surface area contributed by atoms with Gasteiger partial charge < -0.3 is 20.7 Å². The minimum atomic E-state index is -0.221. The van der Waals surface area contributed by atoms with Gasteiger partial charge in [-0.3, -0.25) is 4.79 Å². The molecule has 2 heterocycles. The van der Waals surface area contributed by atoms with E-state index in [4.69, 9.17) is 10.5 Å². The zero-order valence-corrected chi connectivity index (χ0v) is 9.65. The van der Waals surface area contributed by atoms with Crippen LogP contribution in [0.15, 0.2) is 0 Å². The summed E-state index contributed by atoms with van der Waals surface area (Å²) in [6, 6.07) is 0.131. The molecule has 0 radical (unpaired) electrons. The predicted octanol–water partition coefficient (Wildman–Crippen LogP) is -0.685. The minimum absolute atomic E-state index is 0.131. The molecule has 2 aliphatic heterocycles. The topological polar surface area (TPSA) is 67.6 Å². The zero-order valence-electron chi connectivity index (χ0n) is 9.65. The smallest absolute Gasteiger partial charge is 0.252 e. The fourth-order valence-electron chi connectivity index (χ4n) is 2.38. The highest BCUT2D eigenvalue weighted by atomic mass is 16.5. The summed E-state index contributed by atoms with van der Waals surface area (Å²) in [5.41, 5.74) is 5.69. The van der Waals surface area contributed by atoms with Crippen LogP contribution in [-0.2, 0) is 9.53 Å². The number of nitrogens with two attached hydrogens (primary N) is 1. The van der Waals surface area contributed by atoms with E-state index < -0.39 is 0 Å². The molecule has 0 bridgehead atoms. The number of nitrogens with one attached hydrogen (secondary N) is 1. The van der Waals surface area contributed by atoms with Crippen molar-refractivity contribution < 1.29 is 9.53 Å². The molecule has 2 saturated heterocycles. The van der Waals surface area contributed by atoms with Gasteiger partial charge in [0.1, 0.15) is 6.10 Å². The first-order chi connectivity index (χ1) is 7.83. The molecule has 5 heteroatoms. The minimum Gasteiger partial charge on any atom is -0.368 e. The molecule has 0 saturated carbocycles. The predicted molar refractivity (Wildman–Crippen MR) is 61.0 cm³/mol. The molecule has 0 aromatic heterocycles. The molecular formula is C11H21N3O2. The lowest BCUT2D eigenvalue weighted by Gasteiger charge is -2.38. The normalized spacial score (nSPS) is 31.4. The second kappa shape index (κ2) is 5.61. The number of piperazine rings is 1. The Hall–Kier alpha value is -0.650. The largest absolute Gasteiger partial charge is 0.368 e. The van der Waals surface area contributed by atoms with E-state index in [2.05, 4.69) is 5.32 Å². The van der Waals surface area contributed by atoms with Crippen molar-refractivity contribution in [3.63, 3.8) is 0 Å². The van der Waals surface area contributed by atoms with Gasteiger partial charge in [-0.2, -0.15) is 0 Å². The molecule has 2 aliphatic rings. The number of nitrogens with zero attached hydrogens (tertiary/aromatic N) is 1. The maximum atomic E-state index is 12.2. The maximum Gasteiger partial charge on any atom is 0.252 e. The van der Waals surface area contributed by atoms with E-state index in [1.165, 1.54) is 0 Å². The molecule has 16 heavy (non-hydrogen) atoms. The van der Waals surface area contributed by atoms with Crippen LogP contribution < -0.4 is 11.1 Å². The van der Waals surface area contributed by atoms with E-state index in [0.717, 1.165) is 45.5 Å². The Morgan fingerprint density at radius 1 is 1.50 bits per heavy atom. The number of hydrogen-bond acceptors (Lipinski definition) is 4. The van der Waals surface area contributed by atoms with Crippen LogP contribution in [0.4, 0.5) is 0 Å². The molecule has 0 spiro atoms. The lowest BCUT2D eigenvalue weighted by Crippen LogP contribution is -2.59. The van der Waals surface area contributed by atoms with Gasteiger partial charge in [-0.1, -0.05) is 0 Å². The Morgan fingerprint density at radius 3 is 3.06 bits per heavy atom. The van der Waals surface area contributed by atoms with Crippen LogP contribution >= 0.6 is 0 Å². The second-order valence-electron chi connectivity index (χ2n) is 4.48. The summed E-state index contributed by atoms with van der Waals surface area (Å²) in [6.45, 7) is 3.64. The van der Waals surface area contributed by atoms with Crippen molar-refractivity contribution in [3.05, 3.63) is 0 Å². The van der Waals surface area contributed by atoms with Gasteiger partial charge in [0.2, 0.25) is 0 Å². The summed E-state index contributed by atoms with van der Waals surface area (Å²) < 4.78 is 5.53. The molecule has 0 aliphatic carbocycles. The number of hydrogen-bond donors (Lipinski definition) is 2. The van der Waals surface area contributed by atoms with Gasteiger partial charge in [-0.05, 0) is 19.3 Å². The molecule has 2 unspecified atom stereocenters. The standard InChI is InChI=1S/C11H21N3O2/c12-7-9-8-13-4-5-14(9)11(15)10-3-1-2-6-16-10/h9-10,13H,1-8,12H2. The fraction of sp³-hybridized carbons (Fsp3) is 0.909. The van der Waals surface area contributed by atoms with Crippen LogP contribution in [0.1, 0.15) is 19.3 Å². The van der Waals surface area contributed by atoms with Crippen molar-refractivity contribution in [2.24, 2.45) is 5.73 Å². The number of amides is 1. The Balaban J connectivity index is 1.95. The summed E-state index contributed by atoms with van der Waals surface area (Å²) in [6.07, 6.45) is 2.81. The molecule has 92 valence electrons. The maximum absolute atomic E-state index is 12.2. The first kappa shape index (κ1) is 11.8. The van der Waals surface area contributed by atoms with Gasteiger partial charge in [0.15, 0.2) is 0 Å². The summed E-state index contributed by atoms with van der Waals surface area (Å²) in [5, 5.41) is 3.26. The lowest BCUT2D eigenvalue weighted by atomic mass is 10.1. The van der Waals surface area contributed by atoms with Crippen molar-refractivity contribution in [3.8, 4) is 0 Å². The third-order valence-electron chi connectivity index (χ3n) is 3.36. The van der Waals surface area contributed by atoms with Gasteiger partial charge in [0, 0.05) is 32.8 Å². The molecule has 1 amide bonds. The first-order valence-electron chi connectivity index (χ1n) is 6.16. The summed E-state index contributed by atoms with van der Waals surface area (Å²) in [7, 11) is 0. The van der Waals surface area contributed by atoms with Gasteiger partial charge in [-0.15, -0.1) is 0 Å². The van der Waals surface area contributed by atoms with E-state index in [1.54, 1.807) is 0 Å². The van der Waals surface area contributed by atoms with E-state index >= 15 is 0 Å². The van der Waals surface area contributed by atoms with Gasteiger partial charge in [0.05, 0.1) is 6.04 Å². The number of carbonyl (C=O) groups is 1. The van der Waals surface area contributed by atoms with Crippen molar-refractivity contribution in [2.45, 2.75) is 31.4 Å². The van der Waals surface area contributed by atoms with Crippen LogP contribution in [-0.4, -0.2) is 55.7 Å². The quantitative estimate of drug-likeness (QED) is 0.655. The fourth-order valence-corrected chi connectivity index (χ4v) is 2.38. The van der Waals surface area contributed by atoms with Crippen LogP contribution in [0.25, 0.3) is 0 Å². The average Bonchev–Trinajstić information content (AvgIpc) is 2.39. The highest BCUT2D eigenvalue weighted by Crippen LogP contribution is 2.16. The Kier molecular flexibility index (Phi) is 4.15. The lowest BCUT2D eigenvalue weighted by molar-refractivity contribution is -0.149. The molecule has 5 nitrogen and oxygen atoms in total. The summed E-state index contributed by atoms with van der Waals surface area (Å²) in [5.74, 6) is 0.136. The molecule has 2 fully saturated rings. The molecule has 2 rings (SSSR count). The van der Waals surface area contributed by atoms with Crippen LogP contribution in [0, 0.1) is 0 Å². The third-order valence-corrected chi connectivity index (χ3v) is 3.36. The molecule has 0 aromatic rings. The highest BCUT2D eigenvalue weighted by molar-refractivity contribution is 5.81. The Bertz CT molecular complexity index is 241. The van der Waals surface area contributed by atoms with Crippen LogP contribution in [0.3, 0.4) is 0 Å². The van der Waals surface area contributed by atoms with Crippen LogP contribution in [0.5, 0.6) is 0 Å². The van der Waals surface area contributed by atoms with E-state index in [9.17, 15) is 4.79 Å². The van der Waals surface area contributed by atoms with Gasteiger partial charge in [0.25, 0.3) is 5.91 Å². The zero-order chi connectivity index (χ0) is 11.4. The number of rotatable bonds is 2. The van der Waals surface area contributed by atoms with E-state index in [0.29, 0.717) is 6.54 Å². The summed E-state index contributed by atoms with van der Waals surface area (Å²) >= 11 is 0. The average molecular weight is 227 g/mol. The number of carbonyl (C=O) groups excluding carboxylic acids is 1. The monoisotopic (exact) mass is 227 g/mol. The summed E-state index contributed by atoms with van der Waals surface area (Å²) in [4.78, 5) is 14.1. The van der Waals surface area contributed by atoms with Crippen molar-refractivity contribution in [1.29, 1.82) is 0 Å². The SMILES string of the molecule is NCC1CNCCN1C(=O)C1CCCCO1. The second-order valence-corrected chi connectivity index (χ2v) is 4.48. The highest BCUT2D eigenvalue weighted by Gasteiger charge is 2.32. The van der Waals surface area contributed by atoms with Crippen molar-refractivity contribution in [1.82, 2.24) is 10.2 Å².